The molecule has 17 heteroatoms. The quantitative estimate of drug-likeness (QED) is 0.0443. The maximum atomic E-state index is 12.5. The second-order valence-electron chi connectivity index (χ2n) is 15.4. The monoisotopic (exact) mass is 798 g/mol. The molecule has 8 N–H and O–H groups in total. The molecule has 2 aromatic heterocycles. The van der Waals surface area contributed by atoms with Gasteiger partial charge in [0.15, 0.2) is 0 Å². The van der Waals surface area contributed by atoms with E-state index in [0.717, 1.165) is 94.5 Å². The molecule has 0 spiro atoms. The third-order valence-electron chi connectivity index (χ3n) is 10.7. The third kappa shape index (κ3) is 15.9. The first kappa shape index (κ1) is 43.7. The maximum absolute atomic E-state index is 12.5. The smallest absolute Gasteiger partial charge is 0.325 e. The Morgan fingerprint density at radius 1 is 0.893 bits per heavy atom. The molecule has 1 aliphatic heterocycles. The summed E-state index contributed by atoms with van der Waals surface area (Å²) in [6.07, 6.45) is 12.9. The number of aromatic nitrogens is 4. The van der Waals surface area contributed by atoms with Gasteiger partial charge >= 0.3 is 7.60 Å². The standard InChI is InChI=1S/C39H63N10O6P/c40-33(35(51)15-8-27-56(52,53)54)18-17-31(50)12-7-24-49-25-19-30(20-26-49)44-38-32-13-4-5-14-34(32)45-39(46-38)43-28-37-48-47-36(55-37)16-6-21-41-22-9-23-42-29-10-2-1-3-11-29/h4-5,13-14,29-30,33,41-42H,1-3,6-12,15-28,40H2,(H2,52,53,54)(H2,43,44,45,46)/t33-/m0/s1. The van der Waals surface area contributed by atoms with Crippen LogP contribution in [0.15, 0.2) is 28.7 Å². The highest BCUT2D eigenvalue weighted by molar-refractivity contribution is 7.51. The number of likely N-dealkylation sites (tertiary alicyclic amines) is 1. The van der Waals surface area contributed by atoms with Crippen molar-refractivity contribution in [3.63, 3.8) is 0 Å². The van der Waals surface area contributed by atoms with Crippen molar-refractivity contribution in [2.45, 2.75) is 127 Å². The number of benzene rings is 1. The highest BCUT2D eigenvalue weighted by Crippen LogP contribution is 2.35. The normalized spacial score (nSPS) is 16.6. The van der Waals surface area contributed by atoms with Crippen LogP contribution in [0.4, 0.5) is 11.8 Å². The lowest BCUT2D eigenvalue weighted by molar-refractivity contribution is -0.121. The van der Waals surface area contributed by atoms with E-state index in [9.17, 15) is 14.2 Å². The first-order chi connectivity index (χ1) is 27.1. The SMILES string of the molecule is N[C@@H](CCC(=O)CCCN1CCC(Nc2nc(NCc3nnc(CCCNCCCNC4CCCCC4)o3)nc3ccccc23)CC1)C(=O)CCCP(=O)(O)O. The van der Waals surface area contributed by atoms with Gasteiger partial charge in [0.25, 0.3) is 0 Å². The van der Waals surface area contributed by atoms with E-state index in [1.807, 2.05) is 24.3 Å². The minimum Gasteiger partial charge on any atom is -0.423 e. The summed E-state index contributed by atoms with van der Waals surface area (Å²) in [5.74, 6) is 2.21. The number of nitrogens with zero attached hydrogens (tertiary/aromatic N) is 5. The number of carbonyl (C=O) groups excluding carboxylic acids is 2. The number of hydrogen-bond donors (Lipinski definition) is 7. The van der Waals surface area contributed by atoms with Crippen LogP contribution in [0.1, 0.15) is 108 Å². The molecule has 2 fully saturated rings. The van der Waals surface area contributed by atoms with Crippen molar-refractivity contribution in [2.75, 3.05) is 56.1 Å². The van der Waals surface area contributed by atoms with Gasteiger partial charge in [-0.2, -0.15) is 4.98 Å². The second kappa shape index (κ2) is 23.1. The Hall–Kier alpha value is -3.37. The van der Waals surface area contributed by atoms with Crippen molar-refractivity contribution < 1.29 is 28.4 Å². The van der Waals surface area contributed by atoms with Crippen molar-refractivity contribution in [2.24, 2.45) is 5.73 Å². The number of hydrogen-bond acceptors (Lipinski definition) is 14. The summed E-state index contributed by atoms with van der Waals surface area (Å²) in [5.41, 5.74) is 6.75. The Balaban J connectivity index is 0.967. The number of carbonyl (C=O) groups is 2. The number of piperidine rings is 1. The molecule has 3 heterocycles. The lowest BCUT2D eigenvalue weighted by Gasteiger charge is -2.32. The van der Waals surface area contributed by atoms with E-state index in [0.29, 0.717) is 36.7 Å². The molecular weight excluding hydrogens is 735 g/mol. The number of nitrogens with two attached hydrogens (primary N) is 1. The summed E-state index contributed by atoms with van der Waals surface area (Å²) in [4.78, 5) is 54.4. The van der Waals surface area contributed by atoms with Gasteiger partial charge in [-0.25, -0.2) is 4.98 Å². The van der Waals surface area contributed by atoms with E-state index >= 15 is 0 Å². The fourth-order valence-electron chi connectivity index (χ4n) is 7.44. The molecule has 310 valence electrons. The van der Waals surface area contributed by atoms with Crippen LogP contribution < -0.4 is 27.0 Å². The minimum absolute atomic E-state index is 0.0104. The summed E-state index contributed by atoms with van der Waals surface area (Å²) < 4.78 is 16.9. The minimum atomic E-state index is -4.13. The predicted octanol–water partition coefficient (Wildman–Crippen LogP) is 4.32. The molecule has 2 aliphatic rings. The lowest BCUT2D eigenvalue weighted by atomic mass is 9.95. The predicted molar refractivity (Wildman–Crippen MR) is 218 cm³/mol. The molecular formula is C39H63N10O6P. The van der Waals surface area contributed by atoms with E-state index in [-0.39, 0.29) is 49.5 Å². The number of para-hydroxylation sites is 1. The largest absolute Gasteiger partial charge is 0.423 e. The van der Waals surface area contributed by atoms with Crippen LogP contribution >= 0.6 is 7.60 Å². The van der Waals surface area contributed by atoms with Gasteiger partial charge in [0.2, 0.25) is 17.7 Å². The molecule has 0 unspecified atom stereocenters. The summed E-state index contributed by atoms with van der Waals surface area (Å²) >= 11 is 0. The molecule has 56 heavy (non-hydrogen) atoms. The number of anilines is 2. The summed E-state index contributed by atoms with van der Waals surface area (Å²) in [7, 11) is -4.13. The van der Waals surface area contributed by atoms with Gasteiger partial charge in [0, 0.05) is 56.2 Å². The zero-order chi connectivity index (χ0) is 39.6. The van der Waals surface area contributed by atoms with Crippen molar-refractivity contribution in [3.8, 4) is 0 Å². The first-order valence-corrected chi connectivity index (χ1v) is 22.5. The van der Waals surface area contributed by atoms with E-state index in [1.54, 1.807) is 0 Å². The lowest BCUT2D eigenvalue weighted by Crippen LogP contribution is -2.39. The Bertz CT molecular complexity index is 1690. The number of rotatable bonds is 26. The zero-order valence-corrected chi connectivity index (χ0v) is 33.7. The van der Waals surface area contributed by atoms with Crippen LogP contribution in [0.2, 0.25) is 0 Å². The number of nitrogens with one attached hydrogen (secondary N) is 4. The van der Waals surface area contributed by atoms with Gasteiger partial charge in [-0.15, -0.1) is 10.2 Å². The molecule has 1 saturated carbocycles. The first-order valence-electron chi connectivity index (χ1n) is 20.7. The highest BCUT2D eigenvalue weighted by atomic mass is 31.2. The summed E-state index contributed by atoms with van der Waals surface area (Å²) in [6, 6.07) is 8.13. The molecule has 5 rings (SSSR count). The topological polar surface area (TPSA) is 234 Å². The zero-order valence-electron chi connectivity index (χ0n) is 32.8. The van der Waals surface area contributed by atoms with Crippen molar-refractivity contribution >= 4 is 41.8 Å². The Morgan fingerprint density at radius 2 is 1.66 bits per heavy atom. The van der Waals surface area contributed by atoms with Gasteiger partial charge in [-0.1, -0.05) is 31.4 Å². The Kier molecular flexibility index (Phi) is 18.1. The van der Waals surface area contributed by atoms with Crippen molar-refractivity contribution in [1.29, 1.82) is 0 Å². The number of aryl methyl sites for hydroxylation is 1. The average Bonchev–Trinajstić information content (AvgIpc) is 3.65. The number of Topliss-reactive ketones (excluding diaryl/α,β-unsaturated/α-hetero) is 2. The molecule has 0 bridgehead atoms. The van der Waals surface area contributed by atoms with Crippen LogP contribution in [0.25, 0.3) is 10.9 Å². The average molecular weight is 799 g/mol. The van der Waals surface area contributed by atoms with E-state index in [4.69, 9.17) is 29.9 Å². The maximum Gasteiger partial charge on any atom is 0.325 e. The number of ketones is 2. The van der Waals surface area contributed by atoms with Crippen LogP contribution in [0.5, 0.6) is 0 Å². The highest BCUT2D eigenvalue weighted by Gasteiger charge is 2.22. The molecule has 16 nitrogen and oxygen atoms in total. The molecule has 0 amide bonds. The fourth-order valence-corrected chi connectivity index (χ4v) is 8.01. The van der Waals surface area contributed by atoms with E-state index in [2.05, 4.69) is 36.4 Å². The Labute approximate surface area is 330 Å². The fraction of sp³-hybridized carbons (Fsp3) is 0.692. The molecule has 1 aromatic carbocycles. The van der Waals surface area contributed by atoms with Gasteiger partial charge in [-0.3, -0.25) is 14.2 Å². The van der Waals surface area contributed by atoms with Gasteiger partial charge in [0.05, 0.1) is 24.3 Å². The number of fused-ring (bicyclic) bond motifs is 1. The van der Waals surface area contributed by atoms with Crippen LogP contribution in [-0.2, 0) is 27.1 Å². The van der Waals surface area contributed by atoms with E-state index in [1.165, 1.54) is 32.1 Å². The van der Waals surface area contributed by atoms with Gasteiger partial charge < -0.3 is 46.1 Å². The molecule has 1 atom stereocenters. The third-order valence-corrected chi connectivity index (χ3v) is 11.6. The summed E-state index contributed by atoms with van der Waals surface area (Å²) in [6.45, 7) is 5.95. The Morgan fingerprint density at radius 3 is 2.46 bits per heavy atom. The molecule has 1 saturated heterocycles. The van der Waals surface area contributed by atoms with Crippen molar-refractivity contribution in [1.82, 2.24) is 35.7 Å². The van der Waals surface area contributed by atoms with Crippen LogP contribution in [-0.4, -0.2) is 110 Å². The van der Waals surface area contributed by atoms with Crippen LogP contribution in [0, 0.1) is 0 Å². The summed E-state index contributed by atoms with van der Waals surface area (Å²) in [5, 5.41) is 23.6. The van der Waals surface area contributed by atoms with Crippen LogP contribution in [0.3, 0.4) is 0 Å². The molecule has 3 aromatic rings. The second-order valence-corrected chi connectivity index (χ2v) is 17.1. The van der Waals surface area contributed by atoms with E-state index < -0.39 is 13.6 Å². The molecule has 1 aliphatic carbocycles. The van der Waals surface area contributed by atoms with Gasteiger partial charge in [-0.05, 0) is 96.1 Å². The van der Waals surface area contributed by atoms with Crippen molar-refractivity contribution in [3.05, 3.63) is 36.0 Å². The molecule has 0 radical (unpaired) electrons. The van der Waals surface area contributed by atoms with Gasteiger partial charge in [0.1, 0.15) is 17.4 Å².